The van der Waals surface area contributed by atoms with E-state index in [0.717, 1.165) is 12.2 Å². The van der Waals surface area contributed by atoms with Gasteiger partial charge in [0.05, 0.1) is 25.0 Å². The van der Waals surface area contributed by atoms with Crippen molar-refractivity contribution in [1.82, 2.24) is 15.6 Å². The first-order valence-electron chi connectivity index (χ1n) is 9.57. The highest BCUT2D eigenvalue weighted by Gasteiger charge is 2.11. The molecule has 156 valence electrons. The predicted octanol–water partition coefficient (Wildman–Crippen LogP) is 3.30. The van der Waals surface area contributed by atoms with Crippen molar-refractivity contribution in [2.75, 3.05) is 13.2 Å². The first-order chi connectivity index (χ1) is 14.7. The molecule has 0 fully saturated rings. The summed E-state index contributed by atoms with van der Waals surface area (Å²) in [4.78, 5) is 28.1. The van der Waals surface area contributed by atoms with Gasteiger partial charge in [-0.15, -0.1) is 0 Å². The molecule has 2 N–H and O–H groups in total. The molecule has 2 amide bonds. The van der Waals surface area contributed by atoms with Gasteiger partial charge in [0.15, 0.2) is 0 Å². The molecule has 0 radical (unpaired) electrons. The lowest BCUT2D eigenvalue weighted by Crippen LogP contribution is -2.36. The first kappa shape index (κ1) is 20.9. The summed E-state index contributed by atoms with van der Waals surface area (Å²) in [5.41, 5.74) is 1.06. The maximum absolute atomic E-state index is 12.1. The second-order valence-electron chi connectivity index (χ2n) is 6.36. The molecule has 0 spiro atoms. The van der Waals surface area contributed by atoms with E-state index in [9.17, 15) is 9.59 Å². The van der Waals surface area contributed by atoms with Crippen LogP contribution >= 0.6 is 0 Å². The summed E-state index contributed by atoms with van der Waals surface area (Å²) < 4.78 is 16.3. The SMILES string of the molecule is CCCOc1ccc(Oc2ncccc2CNC(=O)CNC(=O)c2ccoc2)cc1. The quantitative estimate of drug-likeness (QED) is 0.533. The van der Waals surface area contributed by atoms with Crippen LogP contribution in [0.5, 0.6) is 17.4 Å². The van der Waals surface area contributed by atoms with Gasteiger partial charge in [-0.1, -0.05) is 13.0 Å². The average molecular weight is 409 g/mol. The Balaban J connectivity index is 1.52. The van der Waals surface area contributed by atoms with Crippen LogP contribution in [0, 0.1) is 0 Å². The zero-order valence-corrected chi connectivity index (χ0v) is 16.6. The molecule has 3 rings (SSSR count). The molecular weight excluding hydrogens is 386 g/mol. The number of ether oxygens (including phenoxy) is 2. The molecule has 0 saturated carbocycles. The highest BCUT2D eigenvalue weighted by molar-refractivity contribution is 5.96. The van der Waals surface area contributed by atoms with Crippen molar-refractivity contribution in [3.63, 3.8) is 0 Å². The molecular formula is C22H23N3O5. The number of nitrogens with one attached hydrogen (secondary N) is 2. The van der Waals surface area contributed by atoms with Crippen LogP contribution in [0.25, 0.3) is 0 Å². The van der Waals surface area contributed by atoms with E-state index in [1.54, 1.807) is 24.4 Å². The molecule has 8 heteroatoms. The third-order valence-electron chi connectivity index (χ3n) is 4.03. The normalized spacial score (nSPS) is 10.3. The Hall–Kier alpha value is -3.81. The molecule has 0 aliphatic heterocycles. The van der Waals surface area contributed by atoms with E-state index in [2.05, 4.69) is 15.6 Å². The molecule has 30 heavy (non-hydrogen) atoms. The predicted molar refractivity (Wildman–Crippen MR) is 109 cm³/mol. The van der Waals surface area contributed by atoms with Crippen molar-refractivity contribution >= 4 is 11.8 Å². The largest absolute Gasteiger partial charge is 0.494 e. The highest BCUT2D eigenvalue weighted by Crippen LogP contribution is 2.25. The van der Waals surface area contributed by atoms with E-state index in [1.165, 1.54) is 18.6 Å². The topological polar surface area (TPSA) is 103 Å². The zero-order valence-electron chi connectivity index (χ0n) is 16.6. The number of furan rings is 1. The summed E-state index contributed by atoms with van der Waals surface area (Å²) in [7, 11) is 0. The molecule has 0 atom stereocenters. The molecule has 2 heterocycles. The third kappa shape index (κ3) is 6.10. The van der Waals surface area contributed by atoms with Crippen LogP contribution in [0.4, 0.5) is 0 Å². The second-order valence-corrected chi connectivity index (χ2v) is 6.36. The van der Waals surface area contributed by atoms with Gasteiger partial charge >= 0.3 is 0 Å². The molecule has 0 unspecified atom stereocenters. The first-order valence-corrected chi connectivity index (χ1v) is 9.57. The van der Waals surface area contributed by atoms with E-state index >= 15 is 0 Å². The van der Waals surface area contributed by atoms with Crippen molar-refractivity contribution < 1.29 is 23.5 Å². The minimum atomic E-state index is -0.379. The fraction of sp³-hybridized carbons (Fsp3) is 0.227. The van der Waals surface area contributed by atoms with E-state index in [1.807, 2.05) is 25.1 Å². The number of benzene rings is 1. The monoisotopic (exact) mass is 409 g/mol. The number of aromatic nitrogens is 1. The van der Waals surface area contributed by atoms with Crippen LogP contribution in [0.2, 0.25) is 0 Å². The van der Waals surface area contributed by atoms with E-state index < -0.39 is 0 Å². The van der Waals surface area contributed by atoms with Crippen molar-refractivity contribution in [1.29, 1.82) is 0 Å². The number of rotatable bonds is 10. The van der Waals surface area contributed by atoms with Gasteiger partial charge in [-0.05, 0) is 42.8 Å². The molecule has 3 aromatic rings. The summed E-state index contributed by atoms with van der Waals surface area (Å²) in [5, 5.41) is 5.27. The van der Waals surface area contributed by atoms with Crippen molar-refractivity contribution in [3.05, 3.63) is 72.3 Å². The molecule has 0 aliphatic rings. The molecule has 0 aliphatic carbocycles. The Kier molecular flexibility index (Phi) is 7.43. The van der Waals surface area contributed by atoms with Crippen LogP contribution in [-0.4, -0.2) is 29.9 Å². The lowest BCUT2D eigenvalue weighted by Gasteiger charge is -2.12. The van der Waals surface area contributed by atoms with Crippen LogP contribution in [0.3, 0.4) is 0 Å². The zero-order chi connectivity index (χ0) is 21.2. The summed E-state index contributed by atoms with van der Waals surface area (Å²) in [6.07, 6.45) is 5.26. The van der Waals surface area contributed by atoms with Gasteiger partial charge in [-0.25, -0.2) is 4.98 Å². The van der Waals surface area contributed by atoms with Crippen LogP contribution in [-0.2, 0) is 11.3 Å². The highest BCUT2D eigenvalue weighted by atomic mass is 16.5. The van der Waals surface area contributed by atoms with E-state index in [4.69, 9.17) is 13.9 Å². The summed E-state index contributed by atoms with van der Waals surface area (Å²) >= 11 is 0. The number of carbonyl (C=O) groups is 2. The van der Waals surface area contributed by atoms with Crippen LogP contribution in [0.15, 0.2) is 65.6 Å². The minimum absolute atomic E-state index is 0.153. The second kappa shape index (κ2) is 10.7. The fourth-order valence-corrected chi connectivity index (χ4v) is 2.50. The van der Waals surface area contributed by atoms with Crippen LogP contribution < -0.4 is 20.1 Å². The van der Waals surface area contributed by atoms with Gasteiger partial charge in [0.25, 0.3) is 5.91 Å². The lowest BCUT2D eigenvalue weighted by atomic mass is 10.2. The number of hydrogen-bond acceptors (Lipinski definition) is 6. The number of hydrogen-bond donors (Lipinski definition) is 2. The van der Waals surface area contributed by atoms with E-state index in [0.29, 0.717) is 29.4 Å². The number of pyridine rings is 1. The van der Waals surface area contributed by atoms with Gasteiger partial charge in [-0.2, -0.15) is 0 Å². The maximum Gasteiger partial charge on any atom is 0.254 e. The van der Waals surface area contributed by atoms with Gasteiger partial charge in [0.1, 0.15) is 17.8 Å². The van der Waals surface area contributed by atoms with Crippen LogP contribution in [0.1, 0.15) is 29.3 Å². The minimum Gasteiger partial charge on any atom is -0.494 e. The molecule has 0 bridgehead atoms. The smallest absolute Gasteiger partial charge is 0.254 e. The Labute approximate surface area is 174 Å². The number of nitrogens with zero attached hydrogens (tertiary/aromatic N) is 1. The lowest BCUT2D eigenvalue weighted by molar-refractivity contribution is -0.120. The van der Waals surface area contributed by atoms with Crippen molar-refractivity contribution in [2.24, 2.45) is 0 Å². The maximum atomic E-state index is 12.1. The Morgan fingerprint density at radius 1 is 1.07 bits per heavy atom. The van der Waals surface area contributed by atoms with Crippen molar-refractivity contribution in [2.45, 2.75) is 19.9 Å². The fourth-order valence-electron chi connectivity index (χ4n) is 2.50. The average Bonchev–Trinajstić information content (AvgIpc) is 3.31. The van der Waals surface area contributed by atoms with Gasteiger partial charge < -0.3 is 24.5 Å². The Morgan fingerprint density at radius 2 is 1.87 bits per heavy atom. The number of amides is 2. The summed E-state index contributed by atoms with van der Waals surface area (Å²) in [6.45, 7) is 2.76. The van der Waals surface area contributed by atoms with Gasteiger partial charge in [-0.3, -0.25) is 9.59 Å². The Morgan fingerprint density at radius 3 is 2.60 bits per heavy atom. The standard InChI is InChI=1S/C22H23N3O5/c1-2-11-29-18-5-7-19(8-6-18)30-22-16(4-3-10-23-22)13-24-20(26)14-25-21(27)17-9-12-28-15-17/h3-10,12,15H,2,11,13-14H2,1H3,(H,24,26)(H,25,27). The molecule has 8 nitrogen and oxygen atoms in total. The third-order valence-corrected chi connectivity index (χ3v) is 4.03. The van der Waals surface area contributed by atoms with Gasteiger partial charge in [0.2, 0.25) is 11.8 Å². The summed E-state index contributed by atoms with van der Waals surface area (Å²) in [6, 6.07) is 12.4. The molecule has 2 aromatic heterocycles. The molecule has 1 aromatic carbocycles. The van der Waals surface area contributed by atoms with Crippen molar-refractivity contribution in [3.8, 4) is 17.4 Å². The molecule has 0 saturated heterocycles. The number of carbonyl (C=O) groups excluding carboxylic acids is 2. The summed E-state index contributed by atoms with van der Waals surface area (Å²) in [5.74, 6) is 1.06. The van der Waals surface area contributed by atoms with E-state index in [-0.39, 0.29) is 24.9 Å². The Bertz CT molecular complexity index is 955. The van der Waals surface area contributed by atoms with Gasteiger partial charge in [0, 0.05) is 18.3 Å².